The average Bonchev–Trinajstić information content (AvgIpc) is 2.62. The Morgan fingerprint density at radius 1 is 1.21 bits per heavy atom. The van der Waals surface area contributed by atoms with Crippen molar-refractivity contribution in [2.45, 2.75) is 0 Å². The molecular weight excluding hydrogens is 338 g/mol. The first-order valence-corrected chi connectivity index (χ1v) is 7.51. The zero-order valence-electron chi connectivity index (χ0n) is 13.0. The minimum absolute atomic E-state index is 0.143. The molecule has 9 heteroatoms. The van der Waals surface area contributed by atoms with E-state index in [-0.39, 0.29) is 29.4 Å². The van der Waals surface area contributed by atoms with Crippen LogP contribution in [0.5, 0.6) is 0 Å². The third-order valence-electron chi connectivity index (χ3n) is 3.58. The zero-order valence-corrected chi connectivity index (χ0v) is 13.7. The molecule has 1 aliphatic heterocycles. The van der Waals surface area contributed by atoms with Crippen molar-refractivity contribution in [1.82, 2.24) is 9.80 Å². The maximum Gasteiger partial charge on any atom is 0.337 e. The van der Waals surface area contributed by atoms with Crippen LogP contribution in [0.25, 0.3) is 0 Å². The Balaban J connectivity index is 2.05. The molecule has 1 aliphatic rings. The molecule has 1 heterocycles. The predicted octanol–water partition coefficient (Wildman–Crippen LogP) is 0.366. The van der Waals surface area contributed by atoms with E-state index in [0.29, 0.717) is 19.5 Å². The number of nitrogens with one attached hydrogen (secondary N) is 1. The molecule has 1 aromatic carbocycles. The number of nitrogens with zero attached hydrogens (tertiary/aromatic N) is 2. The maximum absolute atomic E-state index is 12.2. The number of hydrogen-bond acceptors (Lipinski definition) is 5. The molecule has 0 saturated carbocycles. The lowest BCUT2D eigenvalue weighted by Gasteiger charge is -2.32. The lowest BCUT2D eigenvalue weighted by Crippen LogP contribution is -2.51. The Hall–Kier alpha value is -2.61. The third-order valence-corrected chi connectivity index (χ3v) is 3.91. The number of hydrogen-bond donors (Lipinski definition) is 1. The lowest BCUT2D eigenvalue weighted by atomic mass is 10.2. The molecule has 8 nitrogen and oxygen atoms in total. The number of carbonyl (C=O) groups excluding carboxylic acids is 4. The molecule has 0 aliphatic carbocycles. The van der Waals surface area contributed by atoms with Gasteiger partial charge >= 0.3 is 17.8 Å². The van der Waals surface area contributed by atoms with E-state index in [4.69, 9.17) is 11.6 Å². The molecule has 0 aromatic heterocycles. The number of esters is 1. The number of anilines is 1. The van der Waals surface area contributed by atoms with Gasteiger partial charge in [-0.1, -0.05) is 11.6 Å². The van der Waals surface area contributed by atoms with Crippen LogP contribution < -0.4 is 5.32 Å². The molecule has 0 bridgehead atoms. The molecule has 0 radical (unpaired) electrons. The summed E-state index contributed by atoms with van der Waals surface area (Å²) < 4.78 is 4.60. The number of rotatable bonds is 3. The highest BCUT2D eigenvalue weighted by molar-refractivity contribution is 6.41. The van der Waals surface area contributed by atoms with Crippen LogP contribution in [0.4, 0.5) is 5.69 Å². The number of halogens is 1. The van der Waals surface area contributed by atoms with Crippen molar-refractivity contribution in [3.63, 3.8) is 0 Å². The van der Waals surface area contributed by atoms with Gasteiger partial charge in [0, 0.05) is 26.2 Å². The minimum atomic E-state index is -0.863. The first-order chi connectivity index (χ1) is 11.5. The Labute approximate surface area is 143 Å². The summed E-state index contributed by atoms with van der Waals surface area (Å²) in [6.07, 6.45) is 0.708. The van der Waals surface area contributed by atoms with Crippen LogP contribution in [0.2, 0.25) is 5.02 Å². The van der Waals surface area contributed by atoms with Crippen LogP contribution >= 0.6 is 11.6 Å². The quantitative estimate of drug-likeness (QED) is 0.481. The van der Waals surface area contributed by atoms with Gasteiger partial charge in [-0.15, -0.1) is 0 Å². The van der Waals surface area contributed by atoms with Gasteiger partial charge in [-0.05, 0) is 18.2 Å². The summed E-state index contributed by atoms with van der Waals surface area (Å²) in [7, 11) is 1.23. The number of carbonyl (C=O) groups is 4. The van der Waals surface area contributed by atoms with Gasteiger partial charge in [0.2, 0.25) is 6.41 Å². The fraction of sp³-hybridized carbons (Fsp3) is 0.333. The molecule has 1 aromatic rings. The fourth-order valence-electron chi connectivity index (χ4n) is 2.22. The molecular formula is C15H16ClN3O5. The van der Waals surface area contributed by atoms with E-state index in [1.165, 1.54) is 35.1 Å². The first-order valence-electron chi connectivity index (χ1n) is 7.13. The van der Waals surface area contributed by atoms with Crippen LogP contribution in [0.15, 0.2) is 18.2 Å². The van der Waals surface area contributed by atoms with Gasteiger partial charge in [-0.25, -0.2) is 4.79 Å². The lowest BCUT2D eigenvalue weighted by molar-refractivity contribution is -0.144. The van der Waals surface area contributed by atoms with Crippen molar-refractivity contribution in [1.29, 1.82) is 0 Å². The summed E-state index contributed by atoms with van der Waals surface area (Å²) in [5, 5.41) is 2.59. The molecule has 1 N–H and O–H groups in total. The van der Waals surface area contributed by atoms with Gasteiger partial charge < -0.3 is 19.9 Å². The molecule has 0 spiro atoms. The van der Waals surface area contributed by atoms with Gasteiger partial charge in [-0.3, -0.25) is 14.4 Å². The molecule has 0 atom stereocenters. The van der Waals surface area contributed by atoms with Crippen LogP contribution in [0, 0.1) is 0 Å². The highest BCUT2D eigenvalue weighted by atomic mass is 35.5. The molecule has 1 saturated heterocycles. The SMILES string of the molecule is COC(=O)c1ccc(Cl)c(NC(=O)C(=O)N2CCN(C=O)CC2)c1. The number of benzene rings is 1. The van der Waals surface area contributed by atoms with E-state index in [2.05, 4.69) is 10.1 Å². The highest BCUT2D eigenvalue weighted by Crippen LogP contribution is 2.23. The number of methoxy groups -OCH3 is 1. The molecule has 2 rings (SSSR count). The predicted molar refractivity (Wildman–Crippen MR) is 85.6 cm³/mol. The second-order valence-electron chi connectivity index (χ2n) is 5.07. The van der Waals surface area contributed by atoms with E-state index in [0.717, 1.165) is 0 Å². The molecule has 1 fully saturated rings. The summed E-state index contributed by atoms with van der Waals surface area (Å²) in [4.78, 5) is 49.3. The molecule has 0 unspecified atom stereocenters. The minimum Gasteiger partial charge on any atom is -0.465 e. The Kier molecular flexibility index (Phi) is 5.75. The van der Waals surface area contributed by atoms with Crippen LogP contribution in [-0.4, -0.2) is 67.3 Å². The van der Waals surface area contributed by atoms with E-state index >= 15 is 0 Å². The number of piperazine rings is 1. The summed E-state index contributed by atoms with van der Waals surface area (Å²) >= 11 is 5.98. The van der Waals surface area contributed by atoms with E-state index in [9.17, 15) is 19.2 Å². The van der Waals surface area contributed by atoms with Gasteiger partial charge in [0.15, 0.2) is 0 Å². The molecule has 3 amide bonds. The largest absolute Gasteiger partial charge is 0.465 e. The monoisotopic (exact) mass is 353 g/mol. The average molecular weight is 354 g/mol. The second-order valence-corrected chi connectivity index (χ2v) is 5.48. The molecule has 128 valence electrons. The van der Waals surface area contributed by atoms with Crippen molar-refractivity contribution in [3.8, 4) is 0 Å². The van der Waals surface area contributed by atoms with Crippen molar-refractivity contribution < 1.29 is 23.9 Å². The van der Waals surface area contributed by atoms with Crippen molar-refractivity contribution in [2.75, 3.05) is 38.6 Å². The van der Waals surface area contributed by atoms with E-state index < -0.39 is 17.8 Å². The van der Waals surface area contributed by atoms with Gasteiger partial charge in [0.25, 0.3) is 0 Å². The Morgan fingerprint density at radius 2 is 1.88 bits per heavy atom. The number of ether oxygens (including phenoxy) is 1. The summed E-state index contributed by atoms with van der Waals surface area (Å²) in [6, 6.07) is 4.21. The second kappa shape index (κ2) is 7.78. The summed E-state index contributed by atoms with van der Waals surface area (Å²) in [5.74, 6) is -2.17. The highest BCUT2D eigenvalue weighted by Gasteiger charge is 2.26. The van der Waals surface area contributed by atoms with Gasteiger partial charge in [-0.2, -0.15) is 0 Å². The van der Waals surface area contributed by atoms with E-state index in [1.54, 1.807) is 0 Å². The topological polar surface area (TPSA) is 96.0 Å². The third kappa shape index (κ3) is 4.02. The zero-order chi connectivity index (χ0) is 17.7. The smallest absolute Gasteiger partial charge is 0.337 e. The van der Waals surface area contributed by atoms with Crippen LogP contribution in [-0.2, 0) is 19.1 Å². The molecule has 24 heavy (non-hydrogen) atoms. The van der Waals surface area contributed by atoms with E-state index in [1.807, 2.05) is 0 Å². The normalized spacial score (nSPS) is 14.1. The fourth-order valence-corrected chi connectivity index (χ4v) is 2.38. The van der Waals surface area contributed by atoms with Gasteiger partial charge in [0.05, 0.1) is 23.4 Å². The Bertz CT molecular complexity index is 671. The standard InChI is InChI=1S/C15H16ClN3O5/c1-24-15(23)10-2-3-11(16)12(8-10)17-13(21)14(22)19-6-4-18(9-20)5-7-19/h2-3,8-9H,4-7H2,1H3,(H,17,21). The summed E-state index contributed by atoms with van der Waals surface area (Å²) in [6.45, 7) is 1.31. The van der Waals surface area contributed by atoms with Crippen LogP contribution in [0.3, 0.4) is 0 Å². The van der Waals surface area contributed by atoms with Crippen LogP contribution in [0.1, 0.15) is 10.4 Å². The first kappa shape index (κ1) is 17.7. The Morgan fingerprint density at radius 3 is 2.46 bits per heavy atom. The van der Waals surface area contributed by atoms with Crippen molar-refractivity contribution in [3.05, 3.63) is 28.8 Å². The van der Waals surface area contributed by atoms with Gasteiger partial charge in [0.1, 0.15) is 0 Å². The van der Waals surface area contributed by atoms with Crippen molar-refractivity contribution >= 4 is 41.5 Å². The number of amides is 3. The maximum atomic E-state index is 12.2. The summed E-state index contributed by atoms with van der Waals surface area (Å²) in [5.41, 5.74) is 0.341. The van der Waals surface area contributed by atoms with Crippen molar-refractivity contribution in [2.24, 2.45) is 0 Å².